The molecule has 0 aliphatic rings. The molecule has 27 heavy (non-hydrogen) atoms. The van der Waals surface area contributed by atoms with Crippen LogP contribution in [0.2, 0.25) is 0 Å². The summed E-state index contributed by atoms with van der Waals surface area (Å²) < 4.78 is 16.9. The normalized spacial score (nSPS) is 11.3. The zero-order valence-corrected chi connectivity index (χ0v) is 15.1. The molecule has 1 N–H and O–H groups in total. The average Bonchev–Trinajstić information content (AvgIpc) is 3.28. The van der Waals surface area contributed by atoms with E-state index in [0.29, 0.717) is 5.69 Å². The molecule has 4 aromatic rings. The third kappa shape index (κ3) is 3.33. The predicted octanol–water partition coefficient (Wildman–Crippen LogP) is 4.07. The number of amides is 1. The number of benzene rings is 1. The second kappa shape index (κ2) is 6.72. The molecule has 3 aromatic heterocycles. The van der Waals surface area contributed by atoms with Crippen molar-refractivity contribution in [2.45, 2.75) is 19.9 Å². The van der Waals surface area contributed by atoms with E-state index in [0.717, 1.165) is 22.5 Å². The van der Waals surface area contributed by atoms with Crippen LogP contribution in [0.1, 0.15) is 24.3 Å². The van der Waals surface area contributed by atoms with Gasteiger partial charge in [0.2, 0.25) is 0 Å². The molecule has 0 radical (unpaired) electrons. The molecule has 5 nitrogen and oxygen atoms in total. The Kier molecular flexibility index (Phi) is 4.24. The molecule has 3 heterocycles. The predicted molar refractivity (Wildman–Crippen MR) is 103 cm³/mol. The summed E-state index contributed by atoms with van der Waals surface area (Å²) in [6, 6.07) is 16.1. The number of nitrogens with one attached hydrogen (secondary N) is 1. The van der Waals surface area contributed by atoms with Crippen LogP contribution in [0.25, 0.3) is 22.5 Å². The smallest absolute Gasteiger partial charge is 0.271 e. The van der Waals surface area contributed by atoms with Gasteiger partial charge in [-0.05, 0) is 61.4 Å². The van der Waals surface area contributed by atoms with Crippen molar-refractivity contribution in [3.8, 4) is 16.9 Å². The maximum Gasteiger partial charge on any atom is 0.271 e. The Morgan fingerprint density at radius 3 is 2.44 bits per heavy atom. The maximum atomic E-state index is 13.2. The number of nitrogens with zero attached hydrogens (tertiary/aromatic N) is 3. The molecule has 0 unspecified atom stereocenters. The summed E-state index contributed by atoms with van der Waals surface area (Å²) in [4.78, 5) is 12.1. The Bertz CT molecular complexity index is 1110. The molecule has 0 spiro atoms. The van der Waals surface area contributed by atoms with Crippen molar-refractivity contribution in [2.75, 3.05) is 0 Å². The maximum absolute atomic E-state index is 13.2. The summed E-state index contributed by atoms with van der Waals surface area (Å²) in [7, 11) is 0. The van der Waals surface area contributed by atoms with Gasteiger partial charge < -0.3 is 9.72 Å². The summed E-state index contributed by atoms with van der Waals surface area (Å²) in [6.07, 6.45) is 3.75. The van der Waals surface area contributed by atoms with E-state index in [1.807, 2.05) is 48.7 Å². The lowest BCUT2D eigenvalue weighted by Gasteiger charge is -2.07. The fraction of sp³-hybridized carbons (Fsp3) is 0.143. The zero-order valence-electron chi connectivity index (χ0n) is 15.1. The van der Waals surface area contributed by atoms with Crippen LogP contribution in [0.15, 0.2) is 67.0 Å². The van der Waals surface area contributed by atoms with E-state index in [4.69, 9.17) is 0 Å². The van der Waals surface area contributed by atoms with E-state index in [-0.39, 0.29) is 17.8 Å². The van der Waals surface area contributed by atoms with Gasteiger partial charge in [-0.2, -0.15) is 5.10 Å². The van der Waals surface area contributed by atoms with Crippen LogP contribution < -0.4 is 5.32 Å². The molecule has 6 heteroatoms. The van der Waals surface area contributed by atoms with Crippen LogP contribution in [-0.4, -0.2) is 26.1 Å². The summed E-state index contributed by atoms with van der Waals surface area (Å²) in [5.74, 6) is 0.361. The van der Waals surface area contributed by atoms with Gasteiger partial charge in [0, 0.05) is 24.0 Å². The lowest BCUT2D eigenvalue weighted by atomic mass is 10.1. The first-order valence-electron chi connectivity index (χ1n) is 8.75. The van der Waals surface area contributed by atoms with Crippen molar-refractivity contribution in [3.05, 3.63) is 78.5 Å². The number of pyridine rings is 1. The highest BCUT2D eigenvalue weighted by molar-refractivity contribution is 5.92. The highest BCUT2D eigenvalue weighted by Crippen LogP contribution is 2.23. The molecular weight excluding hydrogens is 343 g/mol. The van der Waals surface area contributed by atoms with Crippen LogP contribution in [0.5, 0.6) is 0 Å². The molecule has 1 amide bonds. The monoisotopic (exact) mass is 362 g/mol. The van der Waals surface area contributed by atoms with Gasteiger partial charge in [0.25, 0.3) is 5.91 Å². The lowest BCUT2D eigenvalue weighted by molar-refractivity contribution is 0.0937. The van der Waals surface area contributed by atoms with Gasteiger partial charge >= 0.3 is 0 Å². The molecule has 4 rings (SSSR count). The van der Waals surface area contributed by atoms with Gasteiger partial charge in [-0.25, -0.2) is 9.07 Å². The van der Waals surface area contributed by atoms with E-state index >= 15 is 0 Å². The lowest BCUT2D eigenvalue weighted by Crippen LogP contribution is -2.30. The largest absolute Gasteiger partial charge is 0.348 e. The second-order valence-electron chi connectivity index (χ2n) is 6.68. The van der Waals surface area contributed by atoms with Gasteiger partial charge in [-0.15, -0.1) is 0 Å². The molecule has 0 saturated heterocycles. The van der Waals surface area contributed by atoms with Crippen molar-refractivity contribution < 1.29 is 9.18 Å². The van der Waals surface area contributed by atoms with E-state index in [9.17, 15) is 9.18 Å². The van der Waals surface area contributed by atoms with Crippen LogP contribution in [0.3, 0.4) is 0 Å². The van der Waals surface area contributed by atoms with Crippen LogP contribution in [0, 0.1) is 5.82 Å². The molecule has 136 valence electrons. The fourth-order valence-corrected chi connectivity index (χ4v) is 3.00. The van der Waals surface area contributed by atoms with Crippen molar-refractivity contribution in [3.63, 3.8) is 0 Å². The highest BCUT2D eigenvalue weighted by atomic mass is 19.1. The number of aromatic nitrogens is 3. The Morgan fingerprint density at radius 1 is 1.00 bits per heavy atom. The van der Waals surface area contributed by atoms with Gasteiger partial charge in [0.1, 0.15) is 11.6 Å². The SMILES string of the molecule is CC(C)NC(=O)c1ccn(-c2ccc3ccc(-c4ccc(F)cc4)cn23)n1. The van der Waals surface area contributed by atoms with E-state index in [1.165, 1.54) is 12.1 Å². The first kappa shape index (κ1) is 17.0. The number of carbonyl (C=O) groups is 1. The first-order chi connectivity index (χ1) is 13.0. The Hall–Kier alpha value is -3.41. The Morgan fingerprint density at radius 2 is 1.70 bits per heavy atom. The summed E-state index contributed by atoms with van der Waals surface area (Å²) in [5.41, 5.74) is 3.26. The Balaban J connectivity index is 1.72. The number of hydrogen-bond acceptors (Lipinski definition) is 2. The Labute approximate surface area is 156 Å². The topological polar surface area (TPSA) is 51.3 Å². The average molecular weight is 362 g/mol. The molecule has 0 saturated carbocycles. The molecule has 1 aromatic carbocycles. The quantitative estimate of drug-likeness (QED) is 0.595. The van der Waals surface area contributed by atoms with Crippen LogP contribution in [-0.2, 0) is 0 Å². The molecule has 0 bridgehead atoms. The summed E-state index contributed by atoms with van der Waals surface area (Å²) >= 11 is 0. The minimum absolute atomic E-state index is 0.0510. The molecule has 0 aliphatic heterocycles. The molecular formula is C21H19FN4O. The van der Waals surface area contributed by atoms with E-state index in [1.54, 1.807) is 29.1 Å². The first-order valence-corrected chi connectivity index (χ1v) is 8.75. The van der Waals surface area contributed by atoms with Crippen molar-refractivity contribution in [1.29, 1.82) is 0 Å². The van der Waals surface area contributed by atoms with Gasteiger partial charge in [0.15, 0.2) is 5.69 Å². The summed E-state index contributed by atoms with van der Waals surface area (Å²) in [5, 5.41) is 7.24. The minimum Gasteiger partial charge on any atom is -0.348 e. The minimum atomic E-state index is -0.259. The fourth-order valence-electron chi connectivity index (χ4n) is 3.00. The number of hydrogen-bond donors (Lipinski definition) is 1. The number of rotatable bonds is 4. The second-order valence-corrected chi connectivity index (χ2v) is 6.68. The van der Waals surface area contributed by atoms with Gasteiger partial charge in [-0.1, -0.05) is 18.2 Å². The number of halogens is 1. The van der Waals surface area contributed by atoms with Crippen LogP contribution >= 0.6 is 0 Å². The van der Waals surface area contributed by atoms with E-state index in [2.05, 4.69) is 10.4 Å². The van der Waals surface area contributed by atoms with Gasteiger partial charge in [0.05, 0.1) is 0 Å². The van der Waals surface area contributed by atoms with Crippen molar-refractivity contribution in [2.24, 2.45) is 0 Å². The van der Waals surface area contributed by atoms with E-state index < -0.39 is 0 Å². The third-order valence-electron chi connectivity index (χ3n) is 4.28. The summed E-state index contributed by atoms with van der Waals surface area (Å²) in [6.45, 7) is 3.82. The molecule has 0 aliphatic carbocycles. The van der Waals surface area contributed by atoms with Crippen molar-refractivity contribution in [1.82, 2.24) is 19.5 Å². The third-order valence-corrected chi connectivity index (χ3v) is 4.28. The highest BCUT2D eigenvalue weighted by Gasteiger charge is 2.13. The standard InChI is InChI=1S/C21H19FN4O/c1-14(2)23-21(27)19-11-12-26(24-19)20-10-9-18-8-5-16(13-25(18)20)15-3-6-17(22)7-4-15/h3-14H,1-2H3,(H,23,27). The van der Waals surface area contributed by atoms with Crippen LogP contribution in [0.4, 0.5) is 4.39 Å². The zero-order chi connectivity index (χ0) is 19.0. The molecule has 0 fully saturated rings. The number of carbonyl (C=O) groups excluding carboxylic acids is 1. The molecule has 0 atom stereocenters. The van der Waals surface area contributed by atoms with Crippen molar-refractivity contribution >= 4 is 11.4 Å². The van der Waals surface area contributed by atoms with Gasteiger partial charge in [-0.3, -0.25) is 4.79 Å². The number of fused-ring (bicyclic) bond motifs is 1.